The van der Waals surface area contributed by atoms with E-state index >= 15 is 0 Å². The summed E-state index contributed by atoms with van der Waals surface area (Å²) < 4.78 is 0. The zero-order chi connectivity index (χ0) is 12.8. The van der Waals surface area contributed by atoms with Crippen LogP contribution in [0.25, 0.3) is 0 Å². The van der Waals surface area contributed by atoms with Crippen molar-refractivity contribution in [1.29, 1.82) is 0 Å². The van der Waals surface area contributed by atoms with Crippen LogP contribution in [0.4, 0.5) is 0 Å². The molecule has 4 nitrogen and oxygen atoms in total. The fourth-order valence-electron chi connectivity index (χ4n) is 1.70. The summed E-state index contributed by atoms with van der Waals surface area (Å²) in [6.45, 7) is 0.534. The van der Waals surface area contributed by atoms with Crippen molar-refractivity contribution in [2.45, 2.75) is 31.7 Å². The summed E-state index contributed by atoms with van der Waals surface area (Å²) >= 11 is 0. The molecule has 0 spiro atoms. The Bertz CT molecular complexity index is 413. The monoisotopic (exact) mass is 246 g/mol. The van der Waals surface area contributed by atoms with E-state index in [-0.39, 0.29) is 6.04 Å². The van der Waals surface area contributed by atoms with Crippen LogP contribution in [-0.4, -0.2) is 24.4 Å². The van der Waals surface area contributed by atoms with Crippen LogP contribution in [-0.2, 0) is 16.0 Å². The minimum atomic E-state index is -0.519. The van der Waals surface area contributed by atoms with E-state index in [0.717, 1.165) is 25.7 Å². The summed E-state index contributed by atoms with van der Waals surface area (Å²) in [7, 11) is 0. The van der Waals surface area contributed by atoms with Gasteiger partial charge in [0.1, 0.15) is 0 Å². The van der Waals surface area contributed by atoms with Gasteiger partial charge in [0.2, 0.25) is 0 Å². The lowest BCUT2D eigenvalue weighted by Gasteiger charge is -2.05. The topological polar surface area (TPSA) is 58.2 Å². The van der Waals surface area contributed by atoms with Gasteiger partial charge >= 0.3 is 11.8 Å². The van der Waals surface area contributed by atoms with E-state index in [1.165, 1.54) is 5.56 Å². The SMILES string of the molecule is O=C(NCCCc1ccccc1)C(=O)NC1CC1. The maximum absolute atomic E-state index is 11.4. The standard InChI is InChI=1S/C14H18N2O2/c17-13(14(18)16-12-8-9-12)15-10-4-7-11-5-2-1-3-6-11/h1-3,5-6,12H,4,7-10H2,(H,15,17)(H,16,18). The zero-order valence-corrected chi connectivity index (χ0v) is 10.3. The van der Waals surface area contributed by atoms with Crippen molar-refractivity contribution in [1.82, 2.24) is 10.6 Å². The Morgan fingerprint density at radius 2 is 1.83 bits per heavy atom. The van der Waals surface area contributed by atoms with Crippen molar-refractivity contribution >= 4 is 11.8 Å². The first-order valence-electron chi connectivity index (χ1n) is 6.38. The lowest BCUT2D eigenvalue weighted by molar-refractivity contribution is -0.139. The third kappa shape index (κ3) is 4.20. The van der Waals surface area contributed by atoms with E-state index in [2.05, 4.69) is 22.8 Å². The summed E-state index contributed by atoms with van der Waals surface area (Å²) in [6, 6.07) is 10.3. The molecule has 1 aliphatic carbocycles. The van der Waals surface area contributed by atoms with Crippen molar-refractivity contribution in [3.8, 4) is 0 Å². The Kier molecular flexibility index (Phi) is 4.34. The number of amides is 2. The molecule has 1 aromatic carbocycles. The Morgan fingerprint density at radius 3 is 2.50 bits per heavy atom. The molecule has 1 aliphatic rings. The van der Waals surface area contributed by atoms with Gasteiger partial charge in [0.05, 0.1) is 0 Å². The van der Waals surface area contributed by atoms with Crippen molar-refractivity contribution in [2.24, 2.45) is 0 Å². The van der Waals surface area contributed by atoms with Crippen LogP contribution in [0.15, 0.2) is 30.3 Å². The van der Waals surface area contributed by atoms with Crippen molar-refractivity contribution in [3.05, 3.63) is 35.9 Å². The molecule has 0 saturated heterocycles. The van der Waals surface area contributed by atoms with E-state index in [9.17, 15) is 9.59 Å². The van der Waals surface area contributed by atoms with Crippen LogP contribution in [0.5, 0.6) is 0 Å². The van der Waals surface area contributed by atoms with Gasteiger partial charge in [0.15, 0.2) is 0 Å². The molecular formula is C14H18N2O2. The van der Waals surface area contributed by atoms with Crippen molar-refractivity contribution in [3.63, 3.8) is 0 Å². The molecule has 2 N–H and O–H groups in total. The van der Waals surface area contributed by atoms with E-state index in [0.29, 0.717) is 6.54 Å². The zero-order valence-electron chi connectivity index (χ0n) is 10.3. The minimum absolute atomic E-state index is 0.229. The lowest BCUT2D eigenvalue weighted by atomic mass is 10.1. The molecule has 0 atom stereocenters. The normalized spacial score (nSPS) is 14.0. The van der Waals surface area contributed by atoms with Gasteiger partial charge in [-0.2, -0.15) is 0 Å². The summed E-state index contributed by atoms with van der Waals surface area (Å²) in [4.78, 5) is 22.7. The molecule has 4 heteroatoms. The highest BCUT2D eigenvalue weighted by molar-refractivity contribution is 6.35. The predicted molar refractivity (Wildman–Crippen MR) is 68.9 cm³/mol. The molecule has 1 saturated carbocycles. The number of hydrogen-bond donors (Lipinski definition) is 2. The molecule has 2 rings (SSSR count). The molecular weight excluding hydrogens is 228 g/mol. The van der Waals surface area contributed by atoms with Crippen LogP contribution in [0.2, 0.25) is 0 Å². The van der Waals surface area contributed by atoms with Gasteiger partial charge in [-0.05, 0) is 31.2 Å². The first-order valence-corrected chi connectivity index (χ1v) is 6.38. The highest BCUT2D eigenvalue weighted by Gasteiger charge is 2.25. The molecule has 0 heterocycles. The molecule has 0 aliphatic heterocycles. The number of aryl methyl sites for hydroxylation is 1. The Morgan fingerprint density at radius 1 is 1.11 bits per heavy atom. The van der Waals surface area contributed by atoms with Crippen LogP contribution >= 0.6 is 0 Å². The molecule has 96 valence electrons. The number of nitrogens with one attached hydrogen (secondary N) is 2. The lowest BCUT2D eigenvalue weighted by Crippen LogP contribution is -2.41. The fourth-order valence-corrected chi connectivity index (χ4v) is 1.70. The van der Waals surface area contributed by atoms with Crippen LogP contribution in [0.3, 0.4) is 0 Å². The highest BCUT2D eigenvalue weighted by atomic mass is 16.2. The summed E-state index contributed by atoms with van der Waals surface area (Å²) in [5.41, 5.74) is 1.24. The number of rotatable bonds is 5. The minimum Gasteiger partial charge on any atom is -0.348 e. The number of carbonyl (C=O) groups is 2. The van der Waals surface area contributed by atoms with Crippen molar-refractivity contribution in [2.75, 3.05) is 6.54 Å². The highest BCUT2D eigenvalue weighted by Crippen LogP contribution is 2.18. The van der Waals surface area contributed by atoms with Gasteiger partial charge in [-0.15, -0.1) is 0 Å². The van der Waals surface area contributed by atoms with E-state index < -0.39 is 11.8 Å². The molecule has 0 bridgehead atoms. The number of hydrogen-bond acceptors (Lipinski definition) is 2. The smallest absolute Gasteiger partial charge is 0.309 e. The number of benzene rings is 1. The predicted octanol–water partition coefficient (Wildman–Crippen LogP) is 1.01. The van der Waals surface area contributed by atoms with Gasteiger partial charge in [-0.1, -0.05) is 30.3 Å². The van der Waals surface area contributed by atoms with Gasteiger partial charge < -0.3 is 10.6 Å². The molecule has 1 aromatic rings. The average molecular weight is 246 g/mol. The summed E-state index contributed by atoms with van der Waals surface area (Å²) in [5, 5.41) is 5.30. The van der Waals surface area contributed by atoms with Crippen LogP contribution < -0.4 is 10.6 Å². The molecule has 18 heavy (non-hydrogen) atoms. The van der Waals surface area contributed by atoms with Gasteiger partial charge in [0, 0.05) is 12.6 Å². The van der Waals surface area contributed by atoms with Crippen LogP contribution in [0.1, 0.15) is 24.8 Å². The quantitative estimate of drug-likeness (QED) is 0.602. The number of carbonyl (C=O) groups excluding carboxylic acids is 2. The second-order valence-electron chi connectivity index (χ2n) is 4.59. The Balaban J connectivity index is 1.59. The van der Waals surface area contributed by atoms with Gasteiger partial charge in [0.25, 0.3) is 0 Å². The third-order valence-electron chi connectivity index (χ3n) is 2.89. The van der Waals surface area contributed by atoms with Crippen molar-refractivity contribution < 1.29 is 9.59 Å². The van der Waals surface area contributed by atoms with E-state index in [4.69, 9.17) is 0 Å². The Hall–Kier alpha value is -1.84. The summed E-state index contributed by atoms with van der Waals surface area (Å²) in [6.07, 6.45) is 3.73. The first kappa shape index (κ1) is 12.6. The molecule has 2 amide bonds. The van der Waals surface area contributed by atoms with E-state index in [1.54, 1.807) is 0 Å². The average Bonchev–Trinajstić information content (AvgIpc) is 3.19. The second kappa shape index (κ2) is 6.19. The summed E-state index contributed by atoms with van der Waals surface area (Å²) in [5.74, 6) is -1.02. The largest absolute Gasteiger partial charge is 0.348 e. The molecule has 0 aromatic heterocycles. The molecule has 0 radical (unpaired) electrons. The third-order valence-corrected chi connectivity index (χ3v) is 2.89. The first-order chi connectivity index (χ1) is 8.75. The van der Waals surface area contributed by atoms with Crippen LogP contribution in [0, 0.1) is 0 Å². The maximum Gasteiger partial charge on any atom is 0.309 e. The van der Waals surface area contributed by atoms with Gasteiger partial charge in [-0.3, -0.25) is 9.59 Å². The van der Waals surface area contributed by atoms with Gasteiger partial charge in [-0.25, -0.2) is 0 Å². The Labute approximate surface area is 107 Å². The molecule has 0 unspecified atom stereocenters. The second-order valence-corrected chi connectivity index (χ2v) is 4.59. The maximum atomic E-state index is 11.4. The molecule has 1 fully saturated rings. The fraction of sp³-hybridized carbons (Fsp3) is 0.429. The van der Waals surface area contributed by atoms with E-state index in [1.807, 2.05) is 18.2 Å².